The molecular formula is C28H52N4O2. The number of nitrogens with one attached hydrogen (secondary N) is 1. The zero-order valence-corrected chi connectivity index (χ0v) is 22.6. The fourth-order valence-electron chi connectivity index (χ4n) is 2.84. The van der Waals surface area contributed by atoms with Gasteiger partial charge in [0.25, 0.3) is 0 Å². The van der Waals surface area contributed by atoms with E-state index in [0.29, 0.717) is 19.0 Å². The van der Waals surface area contributed by atoms with Gasteiger partial charge in [0.2, 0.25) is 5.91 Å². The van der Waals surface area contributed by atoms with Crippen molar-refractivity contribution in [1.29, 1.82) is 0 Å². The van der Waals surface area contributed by atoms with Crippen LogP contribution in [0.15, 0.2) is 55.7 Å². The van der Waals surface area contributed by atoms with Crippen LogP contribution in [0.25, 0.3) is 0 Å². The molecule has 6 nitrogen and oxygen atoms in total. The maximum absolute atomic E-state index is 10.8. The fourth-order valence-corrected chi connectivity index (χ4v) is 2.84. The van der Waals surface area contributed by atoms with E-state index in [1.165, 1.54) is 0 Å². The quantitative estimate of drug-likeness (QED) is 0.406. The summed E-state index contributed by atoms with van der Waals surface area (Å²) in [7, 11) is 0. The van der Waals surface area contributed by atoms with E-state index >= 15 is 0 Å². The lowest BCUT2D eigenvalue weighted by atomic mass is 10.0. The molecule has 0 saturated carbocycles. The highest BCUT2D eigenvalue weighted by Gasteiger charge is 2.20. The standard InChI is InChI=1S/C16H25N3O2.C4H8.C3H7N.C3H6.C2H6/c1-12-3-2-4-13(11-20)16(12)18-14-5-8-19(9-6-14)10-7-15(17)21;1-3-4-2;1-2-3-4;1-3-2;1-2/h2-4,14,18,20H,5-11H2,1H3,(H2,17,21);3-4H,1-2H3;2H,1,3-4H2;3H,1H2,2H3;1-2H3/b;4-3-;;;. The summed E-state index contributed by atoms with van der Waals surface area (Å²) in [6, 6.07) is 6.40. The number of aryl methyl sites for hydroxylation is 1. The van der Waals surface area contributed by atoms with Crippen molar-refractivity contribution < 1.29 is 9.90 Å². The van der Waals surface area contributed by atoms with Gasteiger partial charge < -0.3 is 26.8 Å². The maximum atomic E-state index is 10.8. The molecule has 196 valence electrons. The van der Waals surface area contributed by atoms with Gasteiger partial charge in [-0.25, -0.2) is 0 Å². The van der Waals surface area contributed by atoms with E-state index in [1.54, 1.807) is 12.2 Å². The number of allylic oxidation sites excluding steroid dienone is 3. The Morgan fingerprint density at radius 3 is 2.06 bits per heavy atom. The summed E-state index contributed by atoms with van der Waals surface area (Å²) < 4.78 is 0. The number of nitrogens with two attached hydrogens (primary N) is 2. The number of aliphatic hydroxyl groups is 1. The number of anilines is 1. The summed E-state index contributed by atoms with van der Waals surface area (Å²) >= 11 is 0. The Bertz CT molecular complexity index is 648. The molecule has 0 atom stereocenters. The average Bonchev–Trinajstić information content (AvgIpc) is 2.86. The number of rotatable bonds is 7. The highest BCUT2D eigenvalue weighted by atomic mass is 16.3. The molecule has 0 aliphatic carbocycles. The first-order chi connectivity index (χ1) is 16.3. The first-order valence-electron chi connectivity index (χ1n) is 12.3. The molecule has 1 aromatic rings. The largest absolute Gasteiger partial charge is 0.392 e. The minimum absolute atomic E-state index is 0.0570. The Balaban J connectivity index is -0.000000616. The normalized spacial score (nSPS) is 12.8. The van der Waals surface area contributed by atoms with Crippen molar-refractivity contribution in [1.82, 2.24) is 4.90 Å². The number of nitrogens with zero attached hydrogens (tertiary/aromatic N) is 1. The first-order valence-corrected chi connectivity index (χ1v) is 12.3. The first kappa shape index (κ1) is 36.2. The molecule has 1 aliphatic heterocycles. The second kappa shape index (κ2) is 26.8. The summed E-state index contributed by atoms with van der Waals surface area (Å²) in [5, 5.41) is 13.0. The van der Waals surface area contributed by atoms with Gasteiger partial charge in [0, 0.05) is 49.9 Å². The van der Waals surface area contributed by atoms with Crippen molar-refractivity contribution in [3.63, 3.8) is 0 Å². The van der Waals surface area contributed by atoms with E-state index in [0.717, 1.165) is 49.3 Å². The predicted molar refractivity (Wildman–Crippen MR) is 151 cm³/mol. The van der Waals surface area contributed by atoms with Crippen molar-refractivity contribution >= 4 is 11.6 Å². The summed E-state index contributed by atoms with van der Waals surface area (Å²) in [5.74, 6) is -0.234. The number of carbonyl (C=O) groups is 1. The maximum Gasteiger partial charge on any atom is 0.218 e. The van der Waals surface area contributed by atoms with Crippen LogP contribution in [-0.2, 0) is 11.4 Å². The van der Waals surface area contributed by atoms with Crippen LogP contribution in [0.4, 0.5) is 5.69 Å². The molecule has 1 amide bonds. The molecule has 0 aromatic heterocycles. The lowest BCUT2D eigenvalue weighted by Crippen LogP contribution is -2.40. The van der Waals surface area contributed by atoms with Gasteiger partial charge in [0.1, 0.15) is 0 Å². The Kier molecular flexibility index (Phi) is 28.5. The van der Waals surface area contributed by atoms with Crippen molar-refractivity contribution in [2.45, 2.75) is 73.5 Å². The van der Waals surface area contributed by atoms with Crippen LogP contribution in [-0.4, -0.2) is 48.1 Å². The van der Waals surface area contributed by atoms with Crippen LogP contribution < -0.4 is 16.8 Å². The highest BCUT2D eigenvalue weighted by molar-refractivity contribution is 5.73. The number of para-hydroxylation sites is 1. The minimum Gasteiger partial charge on any atom is -0.392 e. The topological polar surface area (TPSA) is 105 Å². The van der Waals surface area contributed by atoms with Crippen LogP contribution in [0, 0.1) is 6.92 Å². The monoisotopic (exact) mass is 476 g/mol. The molecule has 1 saturated heterocycles. The van der Waals surface area contributed by atoms with E-state index in [2.05, 4.69) is 36.4 Å². The number of aliphatic hydroxyl groups excluding tert-OH is 1. The molecular weight excluding hydrogens is 424 g/mol. The van der Waals surface area contributed by atoms with Gasteiger partial charge in [-0.3, -0.25) is 4.79 Å². The van der Waals surface area contributed by atoms with Gasteiger partial charge in [0.15, 0.2) is 0 Å². The number of likely N-dealkylation sites (tertiary alicyclic amines) is 1. The van der Waals surface area contributed by atoms with E-state index in [9.17, 15) is 9.90 Å². The van der Waals surface area contributed by atoms with E-state index in [1.807, 2.05) is 58.9 Å². The van der Waals surface area contributed by atoms with Crippen LogP contribution in [0.2, 0.25) is 0 Å². The fraction of sp³-hybridized carbons (Fsp3) is 0.536. The van der Waals surface area contributed by atoms with E-state index in [4.69, 9.17) is 11.5 Å². The number of benzene rings is 1. The molecule has 0 bridgehead atoms. The molecule has 6 heteroatoms. The van der Waals surface area contributed by atoms with Gasteiger partial charge >= 0.3 is 0 Å². The van der Waals surface area contributed by atoms with Crippen LogP contribution in [0.3, 0.4) is 0 Å². The number of piperidine rings is 1. The lowest BCUT2D eigenvalue weighted by Gasteiger charge is -2.33. The second-order valence-corrected chi connectivity index (χ2v) is 7.34. The predicted octanol–water partition coefficient (Wildman–Crippen LogP) is 5.17. The summed E-state index contributed by atoms with van der Waals surface area (Å²) in [6.45, 7) is 22.0. The number of amides is 1. The van der Waals surface area contributed by atoms with Gasteiger partial charge in [-0.1, -0.05) is 56.4 Å². The van der Waals surface area contributed by atoms with Crippen molar-refractivity contribution in [2.24, 2.45) is 11.5 Å². The van der Waals surface area contributed by atoms with Crippen LogP contribution >= 0.6 is 0 Å². The van der Waals surface area contributed by atoms with Crippen LogP contribution in [0.1, 0.15) is 65.0 Å². The Morgan fingerprint density at radius 1 is 1.18 bits per heavy atom. The highest BCUT2D eigenvalue weighted by Crippen LogP contribution is 2.24. The molecule has 2 rings (SSSR count). The number of carbonyl (C=O) groups excluding carboxylic acids is 1. The zero-order valence-electron chi connectivity index (χ0n) is 22.6. The van der Waals surface area contributed by atoms with Crippen LogP contribution in [0.5, 0.6) is 0 Å². The third-order valence-electron chi connectivity index (χ3n) is 4.64. The molecule has 1 aliphatic rings. The van der Waals surface area contributed by atoms with Crippen molar-refractivity contribution in [3.8, 4) is 0 Å². The van der Waals surface area contributed by atoms with Gasteiger partial charge in [0.05, 0.1) is 6.61 Å². The summed E-state index contributed by atoms with van der Waals surface area (Å²) in [5.41, 5.74) is 13.3. The molecule has 34 heavy (non-hydrogen) atoms. The molecule has 1 aromatic carbocycles. The smallest absolute Gasteiger partial charge is 0.218 e. The van der Waals surface area contributed by atoms with Crippen molar-refractivity contribution in [2.75, 3.05) is 31.5 Å². The third-order valence-corrected chi connectivity index (χ3v) is 4.64. The number of hydrogen-bond acceptors (Lipinski definition) is 5. The zero-order chi connectivity index (χ0) is 26.8. The van der Waals surface area contributed by atoms with Gasteiger partial charge in [-0.05, 0) is 46.1 Å². The number of primary amides is 1. The lowest BCUT2D eigenvalue weighted by molar-refractivity contribution is -0.118. The molecule has 0 unspecified atom stereocenters. The second-order valence-electron chi connectivity index (χ2n) is 7.34. The van der Waals surface area contributed by atoms with E-state index in [-0.39, 0.29) is 12.5 Å². The van der Waals surface area contributed by atoms with Crippen molar-refractivity contribution in [3.05, 3.63) is 66.8 Å². The Morgan fingerprint density at radius 2 is 1.68 bits per heavy atom. The molecule has 1 fully saturated rings. The number of hydrogen-bond donors (Lipinski definition) is 4. The Hall–Kier alpha value is -2.41. The summed E-state index contributed by atoms with van der Waals surface area (Å²) in [4.78, 5) is 13.1. The Labute approximate surface area is 209 Å². The molecule has 1 heterocycles. The summed E-state index contributed by atoms with van der Waals surface area (Å²) in [6.07, 6.45) is 9.92. The van der Waals surface area contributed by atoms with Gasteiger partial charge in [-0.15, -0.1) is 13.2 Å². The average molecular weight is 477 g/mol. The molecule has 6 N–H and O–H groups in total. The SMILES string of the molecule is C/C=C\C.C=CC.C=CCN.CC.Cc1cccc(CO)c1NC1CCN(CCC(N)=O)CC1. The third kappa shape index (κ3) is 20.2. The van der Waals surface area contributed by atoms with E-state index < -0.39 is 0 Å². The van der Waals surface area contributed by atoms with Gasteiger partial charge in [-0.2, -0.15) is 0 Å². The minimum atomic E-state index is -0.234. The molecule has 0 radical (unpaired) electrons. The molecule has 0 spiro atoms.